The maximum atomic E-state index is 13.1. The number of likely N-dealkylation sites (N-methyl/N-ethyl adjacent to an activating group) is 1. The minimum atomic E-state index is -0.947. The van der Waals surface area contributed by atoms with Gasteiger partial charge < -0.3 is 20.4 Å². The van der Waals surface area contributed by atoms with Gasteiger partial charge >= 0.3 is 0 Å². The average molecular weight is 411 g/mol. The van der Waals surface area contributed by atoms with Gasteiger partial charge in [-0.25, -0.2) is 4.98 Å². The highest BCUT2D eigenvalue weighted by atomic mass is 16.2. The van der Waals surface area contributed by atoms with Gasteiger partial charge in [-0.3, -0.25) is 9.59 Å². The third-order valence-corrected chi connectivity index (χ3v) is 6.65. The van der Waals surface area contributed by atoms with E-state index in [4.69, 9.17) is 0 Å². The van der Waals surface area contributed by atoms with Gasteiger partial charge in [-0.2, -0.15) is 5.26 Å². The Balaban J connectivity index is 1.44. The van der Waals surface area contributed by atoms with Crippen LogP contribution in [0.25, 0.3) is 0 Å². The molecule has 1 aromatic rings. The lowest BCUT2D eigenvalue weighted by Gasteiger charge is -2.37. The molecule has 8 nitrogen and oxygen atoms in total. The summed E-state index contributed by atoms with van der Waals surface area (Å²) < 4.78 is 0. The summed E-state index contributed by atoms with van der Waals surface area (Å²) in [5.74, 6) is 0.359. The molecule has 3 aliphatic rings. The number of pyridine rings is 1. The van der Waals surface area contributed by atoms with Crippen LogP contribution in [-0.4, -0.2) is 66.0 Å². The van der Waals surface area contributed by atoms with Crippen LogP contribution in [0.2, 0.25) is 0 Å². The molecule has 160 valence electrons. The van der Waals surface area contributed by atoms with E-state index in [0.29, 0.717) is 31.2 Å². The Labute approximate surface area is 177 Å². The zero-order valence-corrected chi connectivity index (χ0v) is 17.6. The first-order chi connectivity index (χ1) is 14.5. The molecular weight excluding hydrogens is 380 g/mol. The molecule has 0 radical (unpaired) electrons. The molecule has 2 N–H and O–H groups in total. The van der Waals surface area contributed by atoms with E-state index >= 15 is 0 Å². The zero-order valence-electron chi connectivity index (χ0n) is 17.6. The van der Waals surface area contributed by atoms with Gasteiger partial charge in [0.05, 0.1) is 11.6 Å². The monoisotopic (exact) mass is 410 g/mol. The predicted molar refractivity (Wildman–Crippen MR) is 113 cm³/mol. The van der Waals surface area contributed by atoms with E-state index in [2.05, 4.69) is 38.5 Å². The van der Waals surface area contributed by atoms with Crippen LogP contribution in [0.4, 0.5) is 5.82 Å². The maximum Gasteiger partial charge on any atom is 0.253 e. The Morgan fingerprint density at radius 2 is 1.73 bits per heavy atom. The lowest BCUT2D eigenvalue weighted by molar-refractivity contribution is -0.129. The zero-order chi connectivity index (χ0) is 21.2. The second kappa shape index (κ2) is 8.23. The van der Waals surface area contributed by atoms with Crippen LogP contribution in [0, 0.1) is 11.3 Å². The van der Waals surface area contributed by atoms with Crippen molar-refractivity contribution in [2.24, 2.45) is 0 Å². The van der Waals surface area contributed by atoms with Crippen LogP contribution >= 0.6 is 0 Å². The fourth-order valence-electron chi connectivity index (χ4n) is 4.32. The fourth-order valence-corrected chi connectivity index (χ4v) is 4.32. The SMILES string of the molecule is CN1CCN(c2ccc(C(=O)NC3(C(=O)NC4(C#N)CC4)CCCCC3)cn2)CC1. The van der Waals surface area contributed by atoms with E-state index in [9.17, 15) is 14.9 Å². The van der Waals surface area contributed by atoms with Crippen LogP contribution in [0.15, 0.2) is 18.3 Å². The van der Waals surface area contributed by atoms with Gasteiger partial charge in [-0.15, -0.1) is 0 Å². The van der Waals surface area contributed by atoms with Gasteiger partial charge in [-0.05, 0) is 44.9 Å². The lowest BCUT2D eigenvalue weighted by atomic mass is 9.80. The number of hydrogen-bond donors (Lipinski definition) is 2. The minimum Gasteiger partial charge on any atom is -0.354 e. The van der Waals surface area contributed by atoms with E-state index in [1.165, 1.54) is 0 Å². The van der Waals surface area contributed by atoms with E-state index in [1.54, 1.807) is 12.3 Å². The molecule has 1 aliphatic heterocycles. The number of nitrogens with one attached hydrogen (secondary N) is 2. The molecule has 1 aromatic heterocycles. The van der Waals surface area contributed by atoms with Gasteiger partial charge in [-0.1, -0.05) is 19.3 Å². The summed E-state index contributed by atoms with van der Waals surface area (Å²) in [5, 5.41) is 15.2. The number of anilines is 1. The van der Waals surface area contributed by atoms with Crippen LogP contribution < -0.4 is 15.5 Å². The highest BCUT2D eigenvalue weighted by molar-refractivity contribution is 5.99. The number of carbonyl (C=O) groups excluding carboxylic acids is 2. The topological polar surface area (TPSA) is 101 Å². The number of nitrogens with zero attached hydrogens (tertiary/aromatic N) is 4. The number of aromatic nitrogens is 1. The molecule has 3 fully saturated rings. The van der Waals surface area contributed by atoms with Crippen molar-refractivity contribution in [2.75, 3.05) is 38.1 Å². The average Bonchev–Trinajstić information content (AvgIpc) is 3.55. The number of rotatable bonds is 5. The molecule has 0 unspecified atom stereocenters. The van der Waals surface area contributed by atoms with Crippen molar-refractivity contribution in [3.63, 3.8) is 0 Å². The molecule has 30 heavy (non-hydrogen) atoms. The van der Waals surface area contributed by atoms with Gasteiger partial charge in [0.15, 0.2) is 0 Å². The molecule has 2 aliphatic carbocycles. The van der Waals surface area contributed by atoms with Crippen LogP contribution in [0.1, 0.15) is 55.3 Å². The quantitative estimate of drug-likeness (QED) is 0.762. The molecule has 1 saturated heterocycles. The number of nitriles is 1. The second-order valence-electron chi connectivity index (χ2n) is 8.94. The number of piperazine rings is 1. The van der Waals surface area contributed by atoms with Gasteiger partial charge in [0.25, 0.3) is 5.91 Å². The molecule has 0 bridgehead atoms. The summed E-state index contributed by atoms with van der Waals surface area (Å²) in [5.41, 5.74) is -1.23. The molecule has 0 spiro atoms. The molecule has 4 rings (SSSR count). The standard InChI is InChI=1S/C22H30N6O2/c1-27-11-13-28(14-12-27)18-6-5-17(15-24-18)19(29)25-22(7-3-2-4-8-22)20(30)26-21(16-23)9-10-21/h5-6,15H,2-4,7-14H2,1H3,(H,25,29)(H,26,30). The fraction of sp³-hybridized carbons (Fsp3) is 0.636. The summed E-state index contributed by atoms with van der Waals surface area (Å²) in [4.78, 5) is 35.1. The predicted octanol–water partition coefficient (Wildman–Crippen LogP) is 1.44. The van der Waals surface area contributed by atoms with Crippen molar-refractivity contribution in [1.29, 1.82) is 5.26 Å². The smallest absolute Gasteiger partial charge is 0.253 e. The number of carbonyl (C=O) groups is 2. The highest BCUT2D eigenvalue weighted by Gasteiger charge is 2.50. The molecule has 0 aromatic carbocycles. The van der Waals surface area contributed by atoms with Gasteiger partial charge in [0.1, 0.15) is 16.9 Å². The van der Waals surface area contributed by atoms with Crippen LogP contribution in [-0.2, 0) is 4.79 Å². The third-order valence-electron chi connectivity index (χ3n) is 6.65. The Morgan fingerprint density at radius 1 is 1.03 bits per heavy atom. The second-order valence-corrected chi connectivity index (χ2v) is 8.94. The van der Waals surface area contributed by atoms with Crippen molar-refractivity contribution in [1.82, 2.24) is 20.5 Å². The molecule has 0 atom stereocenters. The van der Waals surface area contributed by atoms with Crippen LogP contribution in [0.3, 0.4) is 0 Å². The first-order valence-electron chi connectivity index (χ1n) is 10.9. The summed E-state index contributed by atoms with van der Waals surface area (Å²) in [7, 11) is 2.11. The summed E-state index contributed by atoms with van der Waals surface area (Å²) in [6, 6.07) is 5.86. The van der Waals surface area contributed by atoms with Gasteiger partial charge in [0.2, 0.25) is 5.91 Å². The largest absolute Gasteiger partial charge is 0.354 e. The lowest BCUT2D eigenvalue weighted by Crippen LogP contribution is -2.61. The van der Waals surface area contributed by atoms with Crippen molar-refractivity contribution in [3.05, 3.63) is 23.9 Å². The van der Waals surface area contributed by atoms with E-state index in [-0.39, 0.29) is 11.8 Å². The Hall–Kier alpha value is -2.66. The van der Waals surface area contributed by atoms with Crippen molar-refractivity contribution < 1.29 is 9.59 Å². The normalized spacial score (nSPS) is 22.6. The Bertz CT molecular complexity index is 828. The minimum absolute atomic E-state index is 0.225. The molecular formula is C22H30N6O2. The molecule has 2 heterocycles. The van der Waals surface area contributed by atoms with Crippen LogP contribution in [0.5, 0.6) is 0 Å². The van der Waals surface area contributed by atoms with E-state index in [1.807, 2.05) is 6.07 Å². The van der Waals surface area contributed by atoms with Crippen molar-refractivity contribution >= 4 is 17.6 Å². The summed E-state index contributed by atoms with van der Waals surface area (Å²) >= 11 is 0. The van der Waals surface area contributed by atoms with Crippen molar-refractivity contribution in [3.8, 4) is 6.07 Å². The van der Waals surface area contributed by atoms with E-state index < -0.39 is 11.1 Å². The molecule has 2 amide bonds. The first-order valence-corrected chi connectivity index (χ1v) is 10.9. The maximum absolute atomic E-state index is 13.1. The first kappa shape index (κ1) is 20.6. The third kappa shape index (κ3) is 4.26. The van der Waals surface area contributed by atoms with E-state index in [0.717, 1.165) is 51.3 Å². The Morgan fingerprint density at radius 3 is 2.30 bits per heavy atom. The summed E-state index contributed by atoms with van der Waals surface area (Å²) in [6.45, 7) is 3.81. The van der Waals surface area contributed by atoms with Crippen molar-refractivity contribution in [2.45, 2.75) is 56.0 Å². The molecule has 8 heteroatoms. The van der Waals surface area contributed by atoms with Gasteiger partial charge in [0, 0.05) is 32.4 Å². The number of amides is 2. The number of hydrogen-bond acceptors (Lipinski definition) is 6. The molecule has 2 saturated carbocycles. The Kier molecular flexibility index (Phi) is 5.65. The summed E-state index contributed by atoms with van der Waals surface area (Å²) in [6.07, 6.45) is 6.96. The highest BCUT2D eigenvalue weighted by Crippen LogP contribution is 2.37.